The van der Waals surface area contributed by atoms with E-state index in [1.807, 2.05) is 44.2 Å². The van der Waals surface area contributed by atoms with Crippen LogP contribution in [0.5, 0.6) is 0 Å². The van der Waals surface area contributed by atoms with Gasteiger partial charge in [0.2, 0.25) is 5.91 Å². The van der Waals surface area contributed by atoms with Crippen LogP contribution in [0, 0.1) is 17.6 Å². The van der Waals surface area contributed by atoms with Gasteiger partial charge in [-0.1, -0.05) is 50.6 Å². The summed E-state index contributed by atoms with van der Waals surface area (Å²) in [6, 6.07) is 10.7. The molecule has 2 rings (SSSR count). The SMILES string of the molecule is CCC(C)C(C(=O)Nc1cc(C(=O)OC)c(F)cc1F)c1ccccc1. The molecule has 0 aromatic heterocycles. The predicted octanol–water partition coefficient (Wildman–Crippen LogP) is 4.52. The highest BCUT2D eigenvalue weighted by molar-refractivity contribution is 5.98. The molecule has 4 nitrogen and oxygen atoms in total. The van der Waals surface area contributed by atoms with Gasteiger partial charge in [-0.25, -0.2) is 13.6 Å². The lowest BCUT2D eigenvalue weighted by atomic mass is 9.85. The highest BCUT2D eigenvalue weighted by Gasteiger charge is 2.27. The summed E-state index contributed by atoms with van der Waals surface area (Å²) in [7, 11) is 1.09. The number of ether oxygens (including phenoxy) is 1. The first-order valence-electron chi connectivity index (χ1n) is 8.32. The predicted molar refractivity (Wildman–Crippen MR) is 95.0 cm³/mol. The lowest BCUT2D eigenvalue weighted by Crippen LogP contribution is -2.26. The first-order valence-corrected chi connectivity index (χ1v) is 8.32. The Morgan fingerprint density at radius 2 is 1.77 bits per heavy atom. The van der Waals surface area contributed by atoms with Crippen LogP contribution < -0.4 is 5.32 Å². The van der Waals surface area contributed by atoms with Gasteiger partial charge in [0.05, 0.1) is 24.3 Å². The number of amides is 1. The summed E-state index contributed by atoms with van der Waals surface area (Å²) in [5, 5.41) is 2.48. The molecule has 0 saturated carbocycles. The summed E-state index contributed by atoms with van der Waals surface area (Å²) in [4.78, 5) is 24.4. The molecule has 26 heavy (non-hydrogen) atoms. The molecule has 138 valence electrons. The number of rotatable bonds is 6. The van der Waals surface area contributed by atoms with Crippen LogP contribution >= 0.6 is 0 Å². The summed E-state index contributed by atoms with van der Waals surface area (Å²) < 4.78 is 32.3. The van der Waals surface area contributed by atoms with E-state index in [0.717, 1.165) is 25.2 Å². The number of hydrogen-bond donors (Lipinski definition) is 1. The van der Waals surface area contributed by atoms with Gasteiger partial charge in [0.25, 0.3) is 0 Å². The Morgan fingerprint density at radius 1 is 1.12 bits per heavy atom. The smallest absolute Gasteiger partial charge is 0.340 e. The van der Waals surface area contributed by atoms with Crippen molar-refractivity contribution in [3.63, 3.8) is 0 Å². The Labute approximate surface area is 151 Å². The van der Waals surface area contributed by atoms with Crippen molar-refractivity contribution in [3.8, 4) is 0 Å². The third kappa shape index (κ3) is 4.25. The van der Waals surface area contributed by atoms with E-state index in [4.69, 9.17) is 0 Å². The second kappa shape index (κ2) is 8.56. The molecule has 0 aliphatic rings. The molecule has 2 aromatic carbocycles. The van der Waals surface area contributed by atoms with Gasteiger partial charge in [-0.05, 0) is 17.5 Å². The standard InChI is InChI=1S/C20H21F2NO3/c1-4-12(2)18(13-8-6-5-7-9-13)19(24)23-17-10-14(20(25)26-3)15(21)11-16(17)22/h5-12,18H,4H2,1-3H3,(H,23,24). The number of nitrogens with one attached hydrogen (secondary N) is 1. The molecule has 0 saturated heterocycles. The van der Waals surface area contributed by atoms with E-state index in [1.165, 1.54) is 0 Å². The molecule has 0 aliphatic carbocycles. The summed E-state index contributed by atoms with van der Waals surface area (Å²) in [6.45, 7) is 3.89. The van der Waals surface area contributed by atoms with Crippen LogP contribution in [0.3, 0.4) is 0 Å². The maximum Gasteiger partial charge on any atom is 0.340 e. The van der Waals surface area contributed by atoms with Gasteiger partial charge in [0.15, 0.2) is 0 Å². The van der Waals surface area contributed by atoms with Crippen molar-refractivity contribution in [2.24, 2.45) is 5.92 Å². The fraction of sp³-hybridized carbons (Fsp3) is 0.300. The Hall–Kier alpha value is -2.76. The fourth-order valence-electron chi connectivity index (χ4n) is 2.76. The van der Waals surface area contributed by atoms with Gasteiger partial charge in [-0.15, -0.1) is 0 Å². The van der Waals surface area contributed by atoms with Crippen LogP contribution in [0.2, 0.25) is 0 Å². The van der Waals surface area contributed by atoms with E-state index < -0.39 is 35.0 Å². The molecule has 0 spiro atoms. The summed E-state index contributed by atoms with van der Waals surface area (Å²) in [5.41, 5.74) is 0.0973. The van der Waals surface area contributed by atoms with Crippen molar-refractivity contribution in [3.05, 3.63) is 65.2 Å². The molecule has 1 amide bonds. The lowest BCUT2D eigenvalue weighted by Gasteiger charge is -2.23. The molecule has 0 fully saturated rings. The van der Waals surface area contributed by atoms with Crippen LogP contribution in [-0.2, 0) is 9.53 Å². The molecular weight excluding hydrogens is 340 g/mol. The maximum absolute atomic E-state index is 14.1. The topological polar surface area (TPSA) is 55.4 Å². The van der Waals surface area contributed by atoms with Crippen LogP contribution in [0.15, 0.2) is 42.5 Å². The van der Waals surface area contributed by atoms with Crippen molar-refractivity contribution in [1.29, 1.82) is 0 Å². The molecule has 2 atom stereocenters. The van der Waals surface area contributed by atoms with Gasteiger partial charge in [-0.2, -0.15) is 0 Å². The average Bonchev–Trinajstić information content (AvgIpc) is 2.64. The van der Waals surface area contributed by atoms with Crippen LogP contribution in [0.25, 0.3) is 0 Å². The molecule has 0 aliphatic heterocycles. The maximum atomic E-state index is 14.1. The van der Waals surface area contributed by atoms with Gasteiger partial charge in [0, 0.05) is 6.07 Å². The van der Waals surface area contributed by atoms with Gasteiger partial charge < -0.3 is 10.1 Å². The minimum Gasteiger partial charge on any atom is -0.465 e. The summed E-state index contributed by atoms with van der Waals surface area (Å²) in [6.07, 6.45) is 0.742. The molecule has 0 radical (unpaired) electrons. The molecular formula is C20H21F2NO3. The highest BCUT2D eigenvalue weighted by atomic mass is 19.1. The first-order chi connectivity index (χ1) is 12.4. The zero-order chi connectivity index (χ0) is 19.3. The zero-order valence-electron chi connectivity index (χ0n) is 14.9. The van der Waals surface area contributed by atoms with Crippen LogP contribution in [0.4, 0.5) is 14.5 Å². The number of anilines is 1. The number of methoxy groups -OCH3 is 1. The highest BCUT2D eigenvalue weighted by Crippen LogP contribution is 2.29. The Balaban J connectivity index is 2.36. The van der Waals surface area contributed by atoms with Crippen LogP contribution in [-0.4, -0.2) is 19.0 Å². The number of esters is 1. The lowest BCUT2D eigenvalue weighted by molar-refractivity contribution is -0.118. The third-order valence-electron chi connectivity index (χ3n) is 4.37. The zero-order valence-corrected chi connectivity index (χ0v) is 14.9. The van der Waals surface area contributed by atoms with Crippen molar-refractivity contribution in [2.75, 3.05) is 12.4 Å². The van der Waals surface area contributed by atoms with E-state index in [-0.39, 0.29) is 11.6 Å². The van der Waals surface area contributed by atoms with Gasteiger partial charge in [-0.3, -0.25) is 4.79 Å². The summed E-state index contributed by atoms with van der Waals surface area (Å²) >= 11 is 0. The number of carbonyl (C=O) groups is 2. The Bertz CT molecular complexity index is 793. The molecule has 6 heteroatoms. The van der Waals surface area contributed by atoms with E-state index in [0.29, 0.717) is 6.07 Å². The van der Waals surface area contributed by atoms with E-state index in [2.05, 4.69) is 10.1 Å². The molecule has 2 aromatic rings. The molecule has 1 N–H and O–H groups in total. The number of benzene rings is 2. The van der Waals surface area contributed by atoms with Crippen LogP contribution in [0.1, 0.15) is 42.1 Å². The quantitative estimate of drug-likeness (QED) is 0.770. The number of hydrogen-bond acceptors (Lipinski definition) is 3. The normalized spacial score (nSPS) is 13.0. The second-order valence-corrected chi connectivity index (χ2v) is 6.07. The average molecular weight is 361 g/mol. The minimum absolute atomic E-state index is 0.000914. The van der Waals surface area contributed by atoms with Crippen molar-refractivity contribution < 1.29 is 23.1 Å². The summed E-state index contributed by atoms with van der Waals surface area (Å²) in [5.74, 6) is -3.88. The molecule has 0 heterocycles. The second-order valence-electron chi connectivity index (χ2n) is 6.07. The Morgan fingerprint density at radius 3 is 2.35 bits per heavy atom. The van der Waals surface area contributed by atoms with E-state index >= 15 is 0 Å². The number of halogens is 2. The monoisotopic (exact) mass is 361 g/mol. The van der Waals surface area contributed by atoms with Crippen molar-refractivity contribution in [2.45, 2.75) is 26.2 Å². The Kier molecular flexibility index (Phi) is 6.44. The third-order valence-corrected chi connectivity index (χ3v) is 4.37. The first kappa shape index (κ1) is 19.6. The van der Waals surface area contributed by atoms with Gasteiger partial charge >= 0.3 is 5.97 Å². The van der Waals surface area contributed by atoms with Crippen molar-refractivity contribution >= 4 is 17.6 Å². The fourth-order valence-corrected chi connectivity index (χ4v) is 2.76. The van der Waals surface area contributed by atoms with E-state index in [1.54, 1.807) is 0 Å². The van der Waals surface area contributed by atoms with Crippen molar-refractivity contribution in [1.82, 2.24) is 0 Å². The minimum atomic E-state index is -1.05. The molecule has 0 bridgehead atoms. The van der Waals surface area contributed by atoms with Gasteiger partial charge in [0.1, 0.15) is 11.6 Å². The molecule has 2 unspecified atom stereocenters. The number of carbonyl (C=O) groups excluding carboxylic acids is 2. The van der Waals surface area contributed by atoms with E-state index in [9.17, 15) is 18.4 Å². The largest absolute Gasteiger partial charge is 0.465 e.